The Balaban J connectivity index is 1.60. The van der Waals surface area contributed by atoms with Crippen molar-refractivity contribution in [3.8, 4) is 0 Å². The largest absolute Gasteiger partial charge is 0.447 e. The molecule has 0 radical (unpaired) electrons. The molecule has 1 aromatic heterocycles. The lowest BCUT2D eigenvalue weighted by molar-refractivity contribution is -0.116. The molecule has 0 saturated carbocycles. The number of amides is 2. The van der Waals surface area contributed by atoms with Gasteiger partial charge in [-0.3, -0.25) is 9.69 Å². The van der Waals surface area contributed by atoms with Gasteiger partial charge in [0.25, 0.3) is 0 Å². The van der Waals surface area contributed by atoms with Gasteiger partial charge in [0.15, 0.2) is 0 Å². The number of carbonyl (C=O) groups excluding carboxylic acids is 2. The molecule has 0 aliphatic carbocycles. The first-order valence-corrected chi connectivity index (χ1v) is 9.42. The molecule has 2 aromatic carbocycles. The Bertz CT molecular complexity index is 1040. The number of benzene rings is 2. The molecule has 0 bridgehead atoms. The van der Waals surface area contributed by atoms with Gasteiger partial charge in [0.2, 0.25) is 5.91 Å². The summed E-state index contributed by atoms with van der Waals surface area (Å²) < 4.78 is 7.97. The molecule has 4 rings (SSSR count). The monoisotopic (exact) mass is 427 g/mol. The van der Waals surface area contributed by atoms with Crippen molar-refractivity contribution >= 4 is 50.2 Å². The molecule has 2 amide bonds. The van der Waals surface area contributed by atoms with Crippen LogP contribution in [-0.4, -0.2) is 29.7 Å². The Hall–Kier alpha value is -2.80. The highest BCUT2D eigenvalue weighted by Gasteiger charge is 2.26. The number of carbonyl (C=O) groups is 2. The maximum absolute atomic E-state index is 12.8. The maximum Gasteiger partial charge on any atom is 0.414 e. The predicted molar refractivity (Wildman–Crippen MR) is 108 cm³/mol. The van der Waals surface area contributed by atoms with Crippen molar-refractivity contribution in [2.45, 2.75) is 13.5 Å². The summed E-state index contributed by atoms with van der Waals surface area (Å²) in [4.78, 5) is 26.2. The minimum atomic E-state index is -0.395. The molecule has 0 spiro atoms. The molecule has 1 saturated heterocycles. The number of nitrogens with zero attached hydrogens (tertiary/aromatic N) is 2. The van der Waals surface area contributed by atoms with Crippen LogP contribution in [-0.2, 0) is 16.1 Å². The van der Waals surface area contributed by atoms with Crippen molar-refractivity contribution in [1.82, 2.24) is 4.57 Å². The Morgan fingerprint density at radius 3 is 2.70 bits per heavy atom. The number of anilines is 2. The van der Waals surface area contributed by atoms with Crippen LogP contribution in [0.2, 0.25) is 0 Å². The van der Waals surface area contributed by atoms with Crippen LogP contribution in [0, 0.1) is 6.92 Å². The summed E-state index contributed by atoms with van der Waals surface area (Å²) in [6.45, 7) is 2.98. The summed E-state index contributed by atoms with van der Waals surface area (Å²) in [6.07, 6.45) is -0.395. The third-order valence-electron chi connectivity index (χ3n) is 4.69. The quantitative estimate of drug-likeness (QED) is 0.674. The van der Waals surface area contributed by atoms with E-state index in [1.165, 1.54) is 4.90 Å². The Labute approximate surface area is 164 Å². The van der Waals surface area contributed by atoms with Crippen LogP contribution >= 0.6 is 15.9 Å². The van der Waals surface area contributed by atoms with Crippen LogP contribution in [0.25, 0.3) is 10.9 Å². The van der Waals surface area contributed by atoms with E-state index in [4.69, 9.17) is 4.74 Å². The summed E-state index contributed by atoms with van der Waals surface area (Å²) in [5.41, 5.74) is 3.22. The van der Waals surface area contributed by atoms with Crippen LogP contribution in [0.1, 0.15) is 5.69 Å². The number of cyclic esters (lactones) is 1. The van der Waals surface area contributed by atoms with Gasteiger partial charge >= 0.3 is 6.09 Å². The van der Waals surface area contributed by atoms with Gasteiger partial charge in [0.05, 0.1) is 17.9 Å². The van der Waals surface area contributed by atoms with E-state index in [0.29, 0.717) is 24.5 Å². The van der Waals surface area contributed by atoms with Crippen LogP contribution in [0.4, 0.5) is 16.2 Å². The molecule has 0 unspecified atom stereocenters. The van der Waals surface area contributed by atoms with Gasteiger partial charge in [-0.05, 0) is 41.1 Å². The lowest BCUT2D eigenvalue weighted by atomic mass is 10.2. The van der Waals surface area contributed by atoms with Crippen LogP contribution in [0.15, 0.2) is 53.0 Å². The average Bonchev–Trinajstić information content (AvgIpc) is 3.20. The van der Waals surface area contributed by atoms with Crippen LogP contribution < -0.4 is 10.2 Å². The van der Waals surface area contributed by atoms with E-state index in [0.717, 1.165) is 21.1 Å². The minimum Gasteiger partial charge on any atom is -0.447 e. The molecule has 2 heterocycles. The van der Waals surface area contributed by atoms with Crippen molar-refractivity contribution in [2.75, 3.05) is 23.4 Å². The molecule has 3 aromatic rings. The SMILES string of the molecule is Cc1c(Br)c2ccccc2n1CC(=O)Nc1ccccc1N1CCOC1=O. The Kier molecular flexibility index (Phi) is 4.61. The van der Waals surface area contributed by atoms with E-state index in [9.17, 15) is 9.59 Å². The molecular weight excluding hydrogens is 410 g/mol. The maximum atomic E-state index is 12.8. The van der Waals surface area contributed by atoms with Crippen molar-refractivity contribution in [1.29, 1.82) is 0 Å². The molecule has 1 aliphatic heterocycles. The van der Waals surface area contributed by atoms with Gasteiger partial charge in [0.1, 0.15) is 13.2 Å². The number of aromatic nitrogens is 1. The summed E-state index contributed by atoms with van der Waals surface area (Å²) in [5, 5.41) is 4.01. The minimum absolute atomic E-state index is 0.161. The molecule has 27 heavy (non-hydrogen) atoms. The van der Waals surface area contributed by atoms with E-state index in [1.54, 1.807) is 12.1 Å². The summed E-state index contributed by atoms with van der Waals surface area (Å²) in [6, 6.07) is 15.2. The van der Waals surface area contributed by atoms with Crippen molar-refractivity contribution in [2.24, 2.45) is 0 Å². The fourth-order valence-corrected chi connectivity index (χ4v) is 3.90. The number of halogens is 1. The molecule has 138 valence electrons. The fourth-order valence-electron chi connectivity index (χ4n) is 3.35. The highest BCUT2D eigenvalue weighted by Crippen LogP contribution is 2.31. The second kappa shape index (κ2) is 7.08. The van der Waals surface area contributed by atoms with E-state index >= 15 is 0 Å². The predicted octanol–water partition coefficient (Wildman–Crippen LogP) is 4.31. The highest BCUT2D eigenvalue weighted by molar-refractivity contribution is 9.10. The molecule has 6 nitrogen and oxygen atoms in total. The third kappa shape index (κ3) is 3.19. The zero-order valence-electron chi connectivity index (χ0n) is 14.7. The van der Waals surface area contributed by atoms with E-state index in [2.05, 4.69) is 21.2 Å². The Morgan fingerprint density at radius 1 is 1.19 bits per heavy atom. The smallest absolute Gasteiger partial charge is 0.414 e. The van der Waals surface area contributed by atoms with Gasteiger partial charge in [-0.1, -0.05) is 30.3 Å². The topological polar surface area (TPSA) is 63.6 Å². The molecule has 1 N–H and O–H groups in total. The molecule has 7 heteroatoms. The number of rotatable bonds is 4. The first-order valence-electron chi connectivity index (χ1n) is 8.63. The van der Waals surface area contributed by atoms with Crippen LogP contribution in [0.5, 0.6) is 0 Å². The number of nitrogens with one attached hydrogen (secondary N) is 1. The Morgan fingerprint density at radius 2 is 1.93 bits per heavy atom. The standard InChI is InChI=1S/C20H18BrN3O3/c1-13-19(21)14-6-2-4-8-16(14)24(13)12-18(25)22-15-7-3-5-9-17(15)23-10-11-27-20(23)26/h2-9H,10-12H2,1H3,(H,22,25). The molecule has 1 aliphatic rings. The second-order valence-electron chi connectivity index (χ2n) is 6.33. The molecule has 1 fully saturated rings. The van der Waals surface area contributed by atoms with Crippen LogP contribution in [0.3, 0.4) is 0 Å². The van der Waals surface area contributed by atoms with E-state index in [-0.39, 0.29) is 12.5 Å². The number of ether oxygens (including phenoxy) is 1. The zero-order chi connectivity index (χ0) is 19.0. The number of hydrogen-bond donors (Lipinski definition) is 1. The first-order chi connectivity index (χ1) is 13.1. The van der Waals surface area contributed by atoms with Crippen molar-refractivity contribution in [3.63, 3.8) is 0 Å². The average molecular weight is 428 g/mol. The first kappa shape index (κ1) is 17.6. The molecule has 0 atom stereocenters. The summed E-state index contributed by atoms with van der Waals surface area (Å²) >= 11 is 3.61. The van der Waals surface area contributed by atoms with Crippen molar-refractivity contribution in [3.05, 3.63) is 58.7 Å². The number of para-hydroxylation sites is 3. The van der Waals surface area contributed by atoms with Gasteiger partial charge in [-0.2, -0.15) is 0 Å². The van der Waals surface area contributed by atoms with Gasteiger partial charge in [-0.15, -0.1) is 0 Å². The van der Waals surface area contributed by atoms with Gasteiger partial charge in [-0.25, -0.2) is 4.79 Å². The second-order valence-corrected chi connectivity index (χ2v) is 7.13. The zero-order valence-corrected chi connectivity index (χ0v) is 16.3. The lowest BCUT2D eigenvalue weighted by Gasteiger charge is -2.18. The lowest BCUT2D eigenvalue weighted by Crippen LogP contribution is -2.26. The summed E-state index contributed by atoms with van der Waals surface area (Å²) in [5.74, 6) is -0.161. The summed E-state index contributed by atoms with van der Waals surface area (Å²) in [7, 11) is 0. The van der Waals surface area contributed by atoms with Crippen molar-refractivity contribution < 1.29 is 14.3 Å². The van der Waals surface area contributed by atoms with E-state index in [1.807, 2.05) is 47.9 Å². The van der Waals surface area contributed by atoms with Gasteiger partial charge < -0.3 is 14.6 Å². The molecular formula is C20H18BrN3O3. The normalized spacial score (nSPS) is 13.9. The highest BCUT2D eigenvalue weighted by atomic mass is 79.9. The van der Waals surface area contributed by atoms with E-state index < -0.39 is 6.09 Å². The number of fused-ring (bicyclic) bond motifs is 1. The fraction of sp³-hybridized carbons (Fsp3) is 0.200. The number of hydrogen-bond acceptors (Lipinski definition) is 3. The van der Waals surface area contributed by atoms with Gasteiger partial charge in [0, 0.05) is 21.1 Å². The third-order valence-corrected chi connectivity index (χ3v) is 5.69.